The molecule has 2 rings (SSSR count). The van der Waals surface area contributed by atoms with Crippen molar-refractivity contribution in [2.24, 2.45) is 4.99 Å². The van der Waals surface area contributed by atoms with Crippen LogP contribution in [0.2, 0.25) is 0 Å². The fraction of sp³-hybridized carbons (Fsp3) is 0.667. The molecule has 31 heavy (non-hydrogen) atoms. The van der Waals surface area contributed by atoms with E-state index in [2.05, 4.69) is 34.7 Å². The van der Waals surface area contributed by atoms with E-state index in [1.54, 1.807) is 7.11 Å². The molecule has 0 aliphatic carbocycles. The van der Waals surface area contributed by atoms with Gasteiger partial charge in [-0.3, -0.25) is 9.79 Å². The van der Waals surface area contributed by atoms with Crippen LogP contribution in [0.15, 0.2) is 23.2 Å². The SMILES string of the molecule is CCNC(=NCCCN1CCCCCC1=O)NCCCc1ccc(OC)c(OCC)c1. The van der Waals surface area contributed by atoms with E-state index in [9.17, 15) is 4.79 Å². The number of aliphatic imine (C=N–C) groups is 1. The molecule has 0 saturated carbocycles. The van der Waals surface area contributed by atoms with Gasteiger partial charge in [0.05, 0.1) is 13.7 Å². The van der Waals surface area contributed by atoms with Crippen molar-refractivity contribution < 1.29 is 14.3 Å². The maximum atomic E-state index is 12.1. The number of methoxy groups -OCH3 is 1. The molecule has 1 saturated heterocycles. The van der Waals surface area contributed by atoms with Gasteiger partial charge in [-0.1, -0.05) is 12.5 Å². The fourth-order valence-corrected chi connectivity index (χ4v) is 3.71. The van der Waals surface area contributed by atoms with Crippen LogP contribution in [-0.2, 0) is 11.2 Å². The van der Waals surface area contributed by atoms with Crippen LogP contribution in [0, 0.1) is 0 Å². The molecule has 0 bridgehead atoms. The number of rotatable bonds is 12. The van der Waals surface area contributed by atoms with Crippen molar-refractivity contribution in [2.75, 3.05) is 46.4 Å². The Morgan fingerprint density at radius 2 is 2.00 bits per heavy atom. The van der Waals surface area contributed by atoms with E-state index in [1.165, 1.54) is 12.0 Å². The number of carbonyl (C=O) groups excluding carboxylic acids is 1. The summed E-state index contributed by atoms with van der Waals surface area (Å²) < 4.78 is 11.0. The van der Waals surface area contributed by atoms with Gasteiger partial charge in [-0.15, -0.1) is 0 Å². The first kappa shape index (κ1) is 24.8. The van der Waals surface area contributed by atoms with Crippen molar-refractivity contribution in [1.29, 1.82) is 0 Å². The molecule has 1 heterocycles. The zero-order valence-corrected chi connectivity index (χ0v) is 19.5. The molecule has 1 amide bonds. The first-order chi connectivity index (χ1) is 15.2. The van der Waals surface area contributed by atoms with E-state index < -0.39 is 0 Å². The van der Waals surface area contributed by atoms with Gasteiger partial charge in [-0.05, 0) is 63.6 Å². The molecule has 0 atom stereocenters. The Bertz CT molecular complexity index is 693. The lowest BCUT2D eigenvalue weighted by Gasteiger charge is -2.20. The molecule has 1 aromatic rings. The molecule has 7 nitrogen and oxygen atoms in total. The van der Waals surface area contributed by atoms with Crippen molar-refractivity contribution >= 4 is 11.9 Å². The highest BCUT2D eigenvalue weighted by molar-refractivity contribution is 5.79. The predicted octanol–water partition coefficient (Wildman–Crippen LogP) is 3.37. The van der Waals surface area contributed by atoms with Crippen molar-refractivity contribution in [3.05, 3.63) is 23.8 Å². The third-order valence-corrected chi connectivity index (χ3v) is 5.33. The minimum Gasteiger partial charge on any atom is -0.493 e. The zero-order valence-electron chi connectivity index (χ0n) is 19.5. The topological polar surface area (TPSA) is 75.2 Å². The first-order valence-electron chi connectivity index (χ1n) is 11.8. The van der Waals surface area contributed by atoms with Crippen LogP contribution < -0.4 is 20.1 Å². The summed E-state index contributed by atoms with van der Waals surface area (Å²) in [7, 11) is 1.66. The molecule has 0 spiro atoms. The Morgan fingerprint density at radius 3 is 2.77 bits per heavy atom. The summed E-state index contributed by atoms with van der Waals surface area (Å²) in [6.45, 7) is 8.76. The van der Waals surface area contributed by atoms with Crippen LogP contribution in [0.5, 0.6) is 11.5 Å². The minimum atomic E-state index is 0.303. The van der Waals surface area contributed by atoms with Gasteiger partial charge in [0.1, 0.15) is 0 Å². The van der Waals surface area contributed by atoms with Gasteiger partial charge in [0.2, 0.25) is 5.91 Å². The maximum absolute atomic E-state index is 12.1. The van der Waals surface area contributed by atoms with E-state index >= 15 is 0 Å². The molecule has 1 fully saturated rings. The monoisotopic (exact) mass is 432 g/mol. The summed E-state index contributed by atoms with van der Waals surface area (Å²) in [6.07, 6.45) is 6.86. The van der Waals surface area contributed by atoms with Gasteiger partial charge >= 0.3 is 0 Å². The zero-order chi connectivity index (χ0) is 22.3. The Morgan fingerprint density at radius 1 is 1.13 bits per heavy atom. The van der Waals surface area contributed by atoms with Crippen molar-refractivity contribution in [1.82, 2.24) is 15.5 Å². The lowest BCUT2D eigenvalue weighted by molar-refractivity contribution is -0.130. The second kappa shape index (κ2) is 14.5. The number of nitrogens with zero attached hydrogens (tertiary/aromatic N) is 2. The average molecular weight is 433 g/mol. The summed E-state index contributed by atoms with van der Waals surface area (Å²) >= 11 is 0. The van der Waals surface area contributed by atoms with Crippen LogP contribution in [-0.4, -0.2) is 63.2 Å². The van der Waals surface area contributed by atoms with E-state index in [0.717, 1.165) is 82.3 Å². The molecule has 1 aliphatic rings. The third-order valence-electron chi connectivity index (χ3n) is 5.33. The molecule has 1 aliphatic heterocycles. The maximum Gasteiger partial charge on any atom is 0.222 e. The largest absolute Gasteiger partial charge is 0.493 e. The number of carbonyl (C=O) groups is 1. The third kappa shape index (κ3) is 9.07. The van der Waals surface area contributed by atoms with E-state index in [0.29, 0.717) is 18.9 Å². The minimum absolute atomic E-state index is 0.303. The number of benzene rings is 1. The number of aryl methyl sites for hydroxylation is 1. The quantitative estimate of drug-likeness (QED) is 0.301. The van der Waals surface area contributed by atoms with Gasteiger partial charge in [0, 0.05) is 39.1 Å². The molecular weight excluding hydrogens is 392 g/mol. The fourth-order valence-electron chi connectivity index (χ4n) is 3.71. The summed E-state index contributed by atoms with van der Waals surface area (Å²) in [4.78, 5) is 18.8. The molecule has 0 radical (unpaired) electrons. The number of guanidine groups is 1. The molecule has 0 unspecified atom stereocenters. The Kier molecular flexibility index (Phi) is 11.6. The highest BCUT2D eigenvalue weighted by Crippen LogP contribution is 2.28. The highest BCUT2D eigenvalue weighted by atomic mass is 16.5. The Hall–Kier alpha value is -2.44. The Balaban J connectivity index is 1.73. The second-order valence-electron chi connectivity index (χ2n) is 7.75. The second-order valence-corrected chi connectivity index (χ2v) is 7.75. The first-order valence-corrected chi connectivity index (χ1v) is 11.8. The number of likely N-dealkylation sites (tertiary alicyclic amines) is 1. The molecule has 174 valence electrons. The van der Waals surface area contributed by atoms with Gasteiger partial charge < -0.3 is 25.0 Å². The lowest BCUT2D eigenvalue weighted by atomic mass is 10.1. The van der Waals surface area contributed by atoms with Crippen molar-refractivity contribution in [3.8, 4) is 11.5 Å². The number of hydrogen-bond acceptors (Lipinski definition) is 4. The molecule has 0 aromatic heterocycles. The Labute approximate surface area is 187 Å². The molecule has 2 N–H and O–H groups in total. The molecule has 1 aromatic carbocycles. The predicted molar refractivity (Wildman–Crippen MR) is 126 cm³/mol. The van der Waals surface area contributed by atoms with Crippen LogP contribution >= 0.6 is 0 Å². The average Bonchev–Trinajstić information content (AvgIpc) is 2.98. The molecular formula is C24H40N4O3. The van der Waals surface area contributed by atoms with Crippen LogP contribution in [0.4, 0.5) is 0 Å². The van der Waals surface area contributed by atoms with E-state index in [-0.39, 0.29) is 0 Å². The number of hydrogen-bond donors (Lipinski definition) is 2. The van der Waals surface area contributed by atoms with Crippen molar-refractivity contribution in [3.63, 3.8) is 0 Å². The summed E-state index contributed by atoms with van der Waals surface area (Å²) in [5.74, 6) is 2.72. The number of amides is 1. The lowest BCUT2D eigenvalue weighted by Crippen LogP contribution is -2.38. The highest BCUT2D eigenvalue weighted by Gasteiger charge is 2.15. The summed E-state index contributed by atoms with van der Waals surface area (Å²) in [6, 6.07) is 6.12. The van der Waals surface area contributed by atoms with E-state index in [1.807, 2.05) is 17.9 Å². The van der Waals surface area contributed by atoms with Crippen LogP contribution in [0.1, 0.15) is 57.9 Å². The summed E-state index contributed by atoms with van der Waals surface area (Å²) in [5.41, 5.74) is 1.23. The number of ether oxygens (including phenoxy) is 2. The van der Waals surface area contributed by atoms with Gasteiger partial charge in [-0.25, -0.2) is 0 Å². The number of nitrogens with one attached hydrogen (secondary N) is 2. The normalized spacial score (nSPS) is 14.9. The van der Waals surface area contributed by atoms with Crippen molar-refractivity contribution in [2.45, 2.75) is 58.8 Å². The van der Waals surface area contributed by atoms with Gasteiger partial charge in [0.25, 0.3) is 0 Å². The van der Waals surface area contributed by atoms with Crippen LogP contribution in [0.3, 0.4) is 0 Å². The van der Waals surface area contributed by atoms with Crippen LogP contribution in [0.25, 0.3) is 0 Å². The summed E-state index contributed by atoms with van der Waals surface area (Å²) in [5, 5.41) is 6.71. The standard InChI is InChI=1S/C24H40N4O3/c1-4-25-24(27-16-10-18-28-17-8-6-7-12-23(28)29)26-15-9-11-20-13-14-21(30-3)22(19-20)31-5-2/h13-14,19H,4-12,15-18H2,1-3H3,(H2,25,26,27). The van der Waals surface area contributed by atoms with E-state index in [4.69, 9.17) is 9.47 Å². The van der Waals surface area contributed by atoms with Gasteiger partial charge in [-0.2, -0.15) is 0 Å². The molecule has 7 heteroatoms. The van der Waals surface area contributed by atoms with Gasteiger partial charge in [0.15, 0.2) is 17.5 Å². The smallest absolute Gasteiger partial charge is 0.222 e.